The third kappa shape index (κ3) is 18.0. The fourth-order valence-electron chi connectivity index (χ4n) is 3.23. The first kappa shape index (κ1) is 22.0. The smallest absolute Gasteiger partial charge is 0.0540 e. The first-order chi connectivity index (χ1) is 10.8. The second-order valence-corrected chi connectivity index (χ2v) is 7.18. The van der Waals surface area contributed by atoms with Crippen molar-refractivity contribution in [1.29, 1.82) is 0 Å². The van der Waals surface area contributed by atoms with Crippen LogP contribution in [0.3, 0.4) is 0 Å². The largest absolute Gasteiger partial charge is 0.393 e. The number of hydrogen-bond acceptors (Lipinski definition) is 1. The van der Waals surface area contributed by atoms with Gasteiger partial charge in [0.1, 0.15) is 0 Å². The number of hydrogen-bond donors (Lipinski definition) is 1. The zero-order chi connectivity index (χ0) is 16.3. The molecule has 1 nitrogen and oxygen atoms in total. The Morgan fingerprint density at radius 2 is 0.818 bits per heavy atom. The molecule has 0 rings (SSSR count). The van der Waals surface area contributed by atoms with E-state index in [2.05, 4.69) is 13.8 Å². The van der Waals surface area contributed by atoms with Crippen LogP contribution in [0.1, 0.15) is 129 Å². The molecule has 0 saturated heterocycles. The average molecular weight is 313 g/mol. The number of unbranched alkanes of at least 4 members (excludes halogenated alkanes) is 14. The van der Waals surface area contributed by atoms with Crippen LogP contribution in [-0.2, 0) is 0 Å². The summed E-state index contributed by atoms with van der Waals surface area (Å²) in [5.41, 5.74) is 0. The molecular formula is C21H44O. The van der Waals surface area contributed by atoms with E-state index in [1.807, 2.05) is 0 Å². The van der Waals surface area contributed by atoms with Crippen LogP contribution in [0.2, 0.25) is 0 Å². The van der Waals surface area contributed by atoms with Gasteiger partial charge in [-0.2, -0.15) is 0 Å². The predicted octanol–water partition coefficient (Wildman–Crippen LogP) is 7.41. The summed E-state index contributed by atoms with van der Waals surface area (Å²) in [6, 6.07) is 0. The molecule has 0 spiro atoms. The molecule has 1 unspecified atom stereocenters. The van der Waals surface area contributed by atoms with Gasteiger partial charge in [0.25, 0.3) is 0 Å². The van der Waals surface area contributed by atoms with Crippen molar-refractivity contribution >= 4 is 0 Å². The summed E-state index contributed by atoms with van der Waals surface area (Å²) in [6.07, 6.45) is 24.2. The Hall–Kier alpha value is -0.0400. The monoisotopic (exact) mass is 312 g/mol. The summed E-state index contributed by atoms with van der Waals surface area (Å²) in [7, 11) is 0. The highest BCUT2D eigenvalue weighted by Crippen LogP contribution is 2.14. The molecule has 0 amide bonds. The molecule has 1 atom stereocenters. The molecule has 0 aromatic carbocycles. The van der Waals surface area contributed by atoms with E-state index in [9.17, 15) is 5.11 Å². The lowest BCUT2D eigenvalue weighted by atomic mass is 10.0. The molecule has 0 bridgehead atoms. The van der Waals surface area contributed by atoms with Gasteiger partial charge in [0, 0.05) is 0 Å². The summed E-state index contributed by atoms with van der Waals surface area (Å²) in [4.78, 5) is 0. The Morgan fingerprint density at radius 3 is 1.18 bits per heavy atom. The van der Waals surface area contributed by atoms with Crippen molar-refractivity contribution < 1.29 is 5.11 Å². The molecule has 0 heterocycles. The normalized spacial score (nSPS) is 12.7. The molecule has 0 fully saturated rings. The molecule has 0 aromatic heterocycles. The highest BCUT2D eigenvalue weighted by Gasteiger charge is 2.01. The highest BCUT2D eigenvalue weighted by atomic mass is 16.3. The van der Waals surface area contributed by atoms with E-state index in [0.717, 1.165) is 19.3 Å². The predicted molar refractivity (Wildman–Crippen MR) is 100 cm³/mol. The summed E-state index contributed by atoms with van der Waals surface area (Å²) < 4.78 is 0. The van der Waals surface area contributed by atoms with Crippen molar-refractivity contribution in [2.45, 2.75) is 136 Å². The van der Waals surface area contributed by atoms with Crippen LogP contribution in [-0.4, -0.2) is 11.2 Å². The van der Waals surface area contributed by atoms with E-state index in [0.29, 0.717) is 0 Å². The lowest BCUT2D eigenvalue weighted by Crippen LogP contribution is -2.04. The van der Waals surface area contributed by atoms with Gasteiger partial charge in [0.15, 0.2) is 0 Å². The van der Waals surface area contributed by atoms with Gasteiger partial charge in [-0.05, 0) is 12.8 Å². The first-order valence-electron chi connectivity index (χ1n) is 10.5. The molecule has 134 valence electrons. The summed E-state index contributed by atoms with van der Waals surface area (Å²) in [5, 5.41) is 9.65. The Bertz CT molecular complexity index is 190. The summed E-state index contributed by atoms with van der Waals surface area (Å²) in [5.74, 6) is 0. The minimum Gasteiger partial charge on any atom is -0.393 e. The lowest BCUT2D eigenvalue weighted by Gasteiger charge is -2.08. The van der Waals surface area contributed by atoms with Crippen LogP contribution >= 0.6 is 0 Å². The van der Waals surface area contributed by atoms with Crippen molar-refractivity contribution in [1.82, 2.24) is 0 Å². The third-order valence-electron chi connectivity index (χ3n) is 4.76. The van der Waals surface area contributed by atoms with Crippen LogP contribution < -0.4 is 0 Å². The van der Waals surface area contributed by atoms with Crippen LogP contribution in [0, 0.1) is 0 Å². The van der Waals surface area contributed by atoms with Gasteiger partial charge in [-0.25, -0.2) is 0 Å². The van der Waals surface area contributed by atoms with Gasteiger partial charge < -0.3 is 5.11 Å². The lowest BCUT2D eigenvalue weighted by molar-refractivity contribution is 0.150. The molecular weight excluding hydrogens is 268 g/mol. The number of aliphatic hydroxyl groups excluding tert-OH is 1. The quantitative estimate of drug-likeness (QED) is 0.261. The van der Waals surface area contributed by atoms with Crippen molar-refractivity contribution in [2.24, 2.45) is 0 Å². The highest BCUT2D eigenvalue weighted by molar-refractivity contribution is 4.55. The maximum absolute atomic E-state index is 9.65. The molecule has 0 aliphatic carbocycles. The van der Waals surface area contributed by atoms with E-state index >= 15 is 0 Å². The molecule has 0 saturated carbocycles. The standard InChI is InChI=1S/C21H44O/c1-3-5-6-7-8-9-10-11-12-13-14-15-16-17-18-20-21(22)19-4-2/h21-22H,3-20H2,1-2H3. The number of rotatable bonds is 18. The first-order valence-corrected chi connectivity index (χ1v) is 10.5. The Labute approximate surface area is 141 Å². The molecule has 1 N–H and O–H groups in total. The third-order valence-corrected chi connectivity index (χ3v) is 4.76. The van der Waals surface area contributed by atoms with E-state index < -0.39 is 0 Å². The van der Waals surface area contributed by atoms with Gasteiger partial charge in [0.2, 0.25) is 0 Å². The molecule has 0 radical (unpaired) electrons. The van der Waals surface area contributed by atoms with Crippen LogP contribution in [0.25, 0.3) is 0 Å². The van der Waals surface area contributed by atoms with E-state index in [-0.39, 0.29) is 6.10 Å². The molecule has 0 aromatic rings. The molecule has 0 aliphatic rings. The number of aliphatic hydroxyl groups is 1. The van der Waals surface area contributed by atoms with E-state index in [1.54, 1.807) is 0 Å². The fourth-order valence-corrected chi connectivity index (χ4v) is 3.23. The molecule has 1 heteroatoms. The van der Waals surface area contributed by atoms with Gasteiger partial charge >= 0.3 is 0 Å². The minimum atomic E-state index is -0.0352. The van der Waals surface area contributed by atoms with E-state index in [4.69, 9.17) is 0 Å². The second kappa shape index (κ2) is 19.0. The van der Waals surface area contributed by atoms with Crippen molar-refractivity contribution in [3.8, 4) is 0 Å². The SMILES string of the molecule is CCCCCCCCCCCCCCCCCC(O)CCC. The van der Waals surface area contributed by atoms with Crippen molar-refractivity contribution in [2.75, 3.05) is 0 Å². The Kier molecular flexibility index (Phi) is 19.0. The molecule has 0 aliphatic heterocycles. The van der Waals surface area contributed by atoms with Crippen molar-refractivity contribution in [3.05, 3.63) is 0 Å². The van der Waals surface area contributed by atoms with E-state index in [1.165, 1.54) is 96.3 Å². The van der Waals surface area contributed by atoms with Gasteiger partial charge in [-0.15, -0.1) is 0 Å². The summed E-state index contributed by atoms with van der Waals surface area (Å²) in [6.45, 7) is 4.44. The molecule has 22 heavy (non-hydrogen) atoms. The maximum Gasteiger partial charge on any atom is 0.0540 e. The van der Waals surface area contributed by atoms with Crippen LogP contribution in [0.5, 0.6) is 0 Å². The fraction of sp³-hybridized carbons (Fsp3) is 1.00. The Morgan fingerprint density at radius 1 is 0.455 bits per heavy atom. The summed E-state index contributed by atoms with van der Waals surface area (Å²) >= 11 is 0. The van der Waals surface area contributed by atoms with Gasteiger partial charge in [-0.3, -0.25) is 0 Å². The van der Waals surface area contributed by atoms with Gasteiger partial charge in [-0.1, -0.05) is 117 Å². The zero-order valence-corrected chi connectivity index (χ0v) is 15.8. The van der Waals surface area contributed by atoms with Crippen molar-refractivity contribution in [3.63, 3.8) is 0 Å². The topological polar surface area (TPSA) is 20.2 Å². The maximum atomic E-state index is 9.65. The van der Waals surface area contributed by atoms with Crippen LogP contribution in [0.4, 0.5) is 0 Å². The zero-order valence-electron chi connectivity index (χ0n) is 15.8. The Balaban J connectivity index is 3.00. The minimum absolute atomic E-state index is 0.0352. The van der Waals surface area contributed by atoms with Gasteiger partial charge in [0.05, 0.1) is 6.10 Å². The second-order valence-electron chi connectivity index (χ2n) is 7.18. The van der Waals surface area contributed by atoms with Crippen LogP contribution in [0.15, 0.2) is 0 Å². The average Bonchev–Trinajstić information content (AvgIpc) is 2.51.